The first-order chi connectivity index (χ1) is 24.8. The van der Waals surface area contributed by atoms with Gasteiger partial charge in [0.05, 0.1) is 27.8 Å². The molecule has 1 unspecified atom stereocenters. The molecule has 0 radical (unpaired) electrons. The van der Waals surface area contributed by atoms with Crippen molar-refractivity contribution in [2.45, 2.75) is 6.17 Å². The lowest BCUT2D eigenvalue weighted by Crippen LogP contribution is -2.25. The first-order valence-electron chi connectivity index (χ1n) is 17.2. The zero-order chi connectivity index (χ0) is 32.8. The molecule has 1 atom stereocenters. The number of hydrogen-bond acceptors (Lipinski definition) is 2. The summed E-state index contributed by atoms with van der Waals surface area (Å²) in [6, 6.07) is 61.4. The van der Waals surface area contributed by atoms with Crippen LogP contribution < -0.4 is 5.32 Å². The molecule has 2 aromatic heterocycles. The first-order valence-corrected chi connectivity index (χ1v) is 17.2. The summed E-state index contributed by atoms with van der Waals surface area (Å²) in [6.07, 6.45) is -0.273. The van der Waals surface area contributed by atoms with Gasteiger partial charge in [-0.15, -0.1) is 0 Å². The number of anilines is 1. The SMILES string of the molecule is c1ccc2cc(C3N=C(n4c5ccccc5c5ccc(-n6c7ccccc7c7ccccc76)cc54)c4ccc5ccccc5c4N3)ccc2c1. The summed E-state index contributed by atoms with van der Waals surface area (Å²) in [5, 5.41) is 13.6. The van der Waals surface area contributed by atoms with Crippen molar-refractivity contribution in [2.24, 2.45) is 4.99 Å². The molecule has 1 aliphatic rings. The van der Waals surface area contributed by atoms with Gasteiger partial charge in [-0.2, -0.15) is 0 Å². The minimum atomic E-state index is -0.273. The third-order valence-electron chi connectivity index (χ3n) is 10.5. The minimum absolute atomic E-state index is 0.273. The Morgan fingerprint density at radius 1 is 0.420 bits per heavy atom. The molecule has 0 saturated carbocycles. The van der Waals surface area contributed by atoms with Gasteiger partial charge in [0.2, 0.25) is 0 Å². The number of aliphatic imine (C=N–C) groups is 1. The second-order valence-corrected chi connectivity index (χ2v) is 13.2. The van der Waals surface area contributed by atoms with Crippen LogP contribution in [0.15, 0.2) is 175 Å². The fraction of sp³-hybridized carbons (Fsp3) is 0.0217. The molecule has 50 heavy (non-hydrogen) atoms. The Kier molecular flexibility index (Phi) is 5.69. The summed E-state index contributed by atoms with van der Waals surface area (Å²) in [5.74, 6) is 0.938. The van der Waals surface area contributed by atoms with Crippen molar-refractivity contribution >= 4 is 76.7 Å². The Labute approximate surface area is 288 Å². The van der Waals surface area contributed by atoms with E-state index in [4.69, 9.17) is 4.99 Å². The summed E-state index contributed by atoms with van der Waals surface area (Å²) in [4.78, 5) is 5.60. The summed E-state index contributed by atoms with van der Waals surface area (Å²) in [7, 11) is 0. The predicted molar refractivity (Wildman–Crippen MR) is 210 cm³/mol. The molecule has 11 rings (SSSR count). The van der Waals surface area contributed by atoms with Crippen molar-refractivity contribution in [3.63, 3.8) is 0 Å². The van der Waals surface area contributed by atoms with Gasteiger partial charge in [-0.05, 0) is 64.2 Å². The van der Waals surface area contributed by atoms with Crippen molar-refractivity contribution < 1.29 is 0 Å². The molecule has 4 heteroatoms. The largest absolute Gasteiger partial charge is 0.359 e. The highest BCUT2D eigenvalue weighted by Crippen LogP contribution is 2.40. The van der Waals surface area contributed by atoms with E-state index in [0.717, 1.165) is 39.4 Å². The van der Waals surface area contributed by atoms with E-state index in [2.05, 4.69) is 184 Å². The van der Waals surface area contributed by atoms with Crippen LogP contribution in [0.3, 0.4) is 0 Å². The standard InChI is InChI=1S/C46H30N4/c1-2-13-31-27-32(22-21-29(31)11-1)45-47-44-34-14-4-3-12-30(34)23-25-39(44)46(48-45)50-42-20-10-7-17-37(42)38-26-24-33(28-43(38)50)49-40-18-8-5-15-35(40)36-16-6-9-19-41(36)49/h1-28,45,47H. The van der Waals surface area contributed by atoms with Crippen molar-refractivity contribution in [2.75, 3.05) is 5.32 Å². The van der Waals surface area contributed by atoms with Gasteiger partial charge in [0.1, 0.15) is 12.0 Å². The normalized spacial score (nSPS) is 14.5. The monoisotopic (exact) mass is 638 g/mol. The number of nitrogens with one attached hydrogen (secondary N) is 1. The summed E-state index contributed by atoms with van der Waals surface area (Å²) in [6.45, 7) is 0. The lowest BCUT2D eigenvalue weighted by molar-refractivity contribution is 0.822. The Bertz CT molecular complexity index is 2980. The average molecular weight is 639 g/mol. The lowest BCUT2D eigenvalue weighted by Gasteiger charge is -2.28. The zero-order valence-electron chi connectivity index (χ0n) is 27.1. The van der Waals surface area contributed by atoms with Crippen LogP contribution in [0.1, 0.15) is 17.3 Å². The Hall–Kier alpha value is -6.65. The number of nitrogens with zero attached hydrogens (tertiary/aromatic N) is 3. The van der Waals surface area contributed by atoms with Crippen LogP contribution in [-0.2, 0) is 0 Å². The van der Waals surface area contributed by atoms with E-state index in [1.54, 1.807) is 0 Å². The predicted octanol–water partition coefficient (Wildman–Crippen LogP) is 11.6. The van der Waals surface area contributed by atoms with Crippen molar-refractivity contribution in [3.8, 4) is 5.69 Å². The van der Waals surface area contributed by atoms with E-state index in [9.17, 15) is 0 Å². The maximum absolute atomic E-state index is 5.60. The number of hydrogen-bond donors (Lipinski definition) is 1. The highest BCUT2D eigenvalue weighted by Gasteiger charge is 2.27. The molecule has 0 bridgehead atoms. The molecule has 0 aliphatic carbocycles. The van der Waals surface area contributed by atoms with E-state index < -0.39 is 0 Å². The maximum atomic E-state index is 5.60. The highest BCUT2D eigenvalue weighted by molar-refractivity contribution is 6.22. The van der Waals surface area contributed by atoms with Crippen LogP contribution >= 0.6 is 0 Å². The molecule has 0 fully saturated rings. The van der Waals surface area contributed by atoms with Crippen LogP contribution in [0.25, 0.3) is 70.8 Å². The molecule has 234 valence electrons. The molecule has 1 N–H and O–H groups in total. The topological polar surface area (TPSA) is 34.2 Å². The van der Waals surface area contributed by atoms with E-state index in [0.29, 0.717) is 0 Å². The summed E-state index contributed by atoms with van der Waals surface area (Å²) >= 11 is 0. The fourth-order valence-corrected chi connectivity index (χ4v) is 8.22. The molecule has 10 aromatic rings. The zero-order valence-corrected chi connectivity index (χ0v) is 27.1. The van der Waals surface area contributed by atoms with Gasteiger partial charge >= 0.3 is 0 Å². The highest BCUT2D eigenvalue weighted by atomic mass is 15.2. The van der Waals surface area contributed by atoms with Gasteiger partial charge in [-0.3, -0.25) is 4.57 Å². The average Bonchev–Trinajstić information content (AvgIpc) is 3.69. The van der Waals surface area contributed by atoms with Crippen LogP contribution in [0.5, 0.6) is 0 Å². The maximum Gasteiger partial charge on any atom is 0.147 e. The van der Waals surface area contributed by atoms with Crippen LogP contribution in [-0.4, -0.2) is 15.0 Å². The fourth-order valence-electron chi connectivity index (χ4n) is 8.22. The molecule has 0 spiro atoms. The second-order valence-electron chi connectivity index (χ2n) is 13.2. The molecule has 0 amide bonds. The third kappa shape index (κ3) is 3.90. The number of aromatic nitrogens is 2. The second kappa shape index (κ2) is 10.4. The van der Waals surface area contributed by atoms with Gasteiger partial charge < -0.3 is 9.88 Å². The number of rotatable bonds is 2. The van der Waals surface area contributed by atoms with Gasteiger partial charge in [0, 0.05) is 38.2 Å². The van der Waals surface area contributed by atoms with Gasteiger partial charge in [0.15, 0.2) is 0 Å². The molecule has 0 saturated heterocycles. The summed E-state index contributed by atoms with van der Waals surface area (Å²) < 4.78 is 4.79. The Morgan fingerprint density at radius 3 is 1.70 bits per heavy atom. The smallest absolute Gasteiger partial charge is 0.147 e. The molecule has 3 heterocycles. The Morgan fingerprint density at radius 2 is 0.980 bits per heavy atom. The van der Waals surface area contributed by atoms with Crippen molar-refractivity contribution in [1.29, 1.82) is 0 Å². The van der Waals surface area contributed by atoms with Crippen LogP contribution in [0.4, 0.5) is 5.69 Å². The van der Waals surface area contributed by atoms with E-state index in [1.165, 1.54) is 54.1 Å². The summed E-state index contributed by atoms with van der Waals surface area (Å²) in [5.41, 5.74) is 9.11. The van der Waals surface area contributed by atoms with Crippen molar-refractivity contribution in [3.05, 3.63) is 181 Å². The van der Waals surface area contributed by atoms with Crippen LogP contribution in [0, 0.1) is 0 Å². The lowest BCUT2D eigenvalue weighted by atomic mass is 9.99. The molecule has 1 aliphatic heterocycles. The number of fused-ring (bicyclic) bond motifs is 10. The number of para-hydroxylation sites is 3. The molecular formula is C46H30N4. The van der Waals surface area contributed by atoms with E-state index >= 15 is 0 Å². The van der Waals surface area contributed by atoms with E-state index in [1.807, 2.05) is 0 Å². The molecule has 4 nitrogen and oxygen atoms in total. The van der Waals surface area contributed by atoms with Gasteiger partial charge in [-0.1, -0.05) is 127 Å². The quantitative estimate of drug-likeness (QED) is 0.201. The van der Waals surface area contributed by atoms with Crippen LogP contribution in [0.2, 0.25) is 0 Å². The van der Waals surface area contributed by atoms with Gasteiger partial charge in [0.25, 0.3) is 0 Å². The first kappa shape index (κ1) is 27.3. The third-order valence-corrected chi connectivity index (χ3v) is 10.5. The molecule has 8 aromatic carbocycles. The minimum Gasteiger partial charge on any atom is -0.359 e. The molecular weight excluding hydrogens is 609 g/mol. The van der Waals surface area contributed by atoms with Crippen molar-refractivity contribution in [1.82, 2.24) is 9.13 Å². The van der Waals surface area contributed by atoms with E-state index in [-0.39, 0.29) is 6.17 Å². The Balaban J connectivity index is 1.22. The number of benzene rings is 8. The van der Waals surface area contributed by atoms with Gasteiger partial charge in [-0.25, -0.2) is 4.99 Å².